The predicted octanol–water partition coefficient (Wildman–Crippen LogP) is 2.56. The molecular formula is C20H21N5O2S. The summed E-state index contributed by atoms with van der Waals surface area (Å²) in [6.45, 7) is 3.56. The van der Waals surface area contributed by atoms with Crippen LogP contribution in [0, 0.1) is 12.8 Å². The summed E-state index contributed by atoms with van der Waals surface area (Å²) in [6.07, 6.45) is 3.34. The van der Waals surface area contributed by atoms with Crippen molar-refractivity contribution >= 4 is 33.3 Å². The summed E-state index contributed by atoms with van der Waals surface area (Å²) in [7, 11) is 0. The topological polar surface area (TPSA) is 80.2 Å². The van der Waals surface area contributed by atoms with Crippen molar-refractivity contribution in [3.05, 3.63) is 41.5 Å². The third-order valence-corrected chi connectivity index (χ3v) is 6.21. The Hall–Kier alpha value is -2.74. The SMILES string of the molecule is Cc1cnnc(N2CC(NC(=O)[C@H]3C[C@H](Oc4cccc5scnc45)C3)C2)c1. The van der Waals surface area contributed by atoms with Gasteiger partial charge in [-0.3, -0.25) is 4.79 Å². The molecule has 1 aliphatic carbocycles. The molecule has 0 radical (unpaired) electrons. The Labute approximate surface area is 166 Å². The van der Waals surface area contributed by atoms with Crippen LogP contribution in [0.15, 0.2) is 36.0 Å². The molecule has 7 nitrogen and oxygen atoms in total. The zero-order valence-corrected chi connectivity index (χ0v) is 16.4. The van der Waals surface area contributed by atoms with Crippen molar-refractivity contribution in [2.24, 2.45) is 5.92 Å². The van der Waals surface area contributed by atoms with E-state index >= 15 is 0 Å². The zero-order valence-electron chi connectivity index (χ0n) is 15.5. The number of aromatic nitrogens is 3. The average Bonchev–Trinajstić information content (AvgIpc) is 3.09. The summed E-state index contributed by atoms with van der Waals surface area (Å²) >= 11 is 1.61. The standard InChI is InChI=1S/C20H21N5O2S/c1-12-5-18(24-22-8-12)25-9-14(10-25)23-20(26)13-6-15(7-13)27-16-3-2-4-17-19(16)21-11-28-17/h2-5,8,11,13-15H,6-7,9-10H2,1H3,(H,23,26)/t13-,15-. The van der Waals surface area contributed by atoms with Crippen molar-refractivity contribution in [1.82, 2.24) is 20.5 Å². The Morgan fingerprint density at radius 2 is 2.18 bits per heavy atom. The van der Waals surface area contributed by atoms with Gasteiger partial charge in [0.2, 0.25) is 5.91 Å². The lowest BCUT2D eigenvalue weighted by Crippen LogP contribution is -2.61. The number of benzene rings is 1. The second-order valence-corrected chi connectivity index (χ2v) is 8.45. The lowest BCUT2D eigenvalue weighted by atomic mass is 9.81. The molecule has 3 aromatic rings. The first-order chi connectivity index (χ1) is 13.7. The summed E-state index contributed by atoms with van der Waals surface area (Å²) in [4.78, 5) is 19.0. The number of fused-ring (bicyclic) bond motifs is 1. The molecule has 1 saturated carbocycles. The molecule has 1 saturated heterocycles. The van der Waals surface area contributed by atoms with E-state index in [9.17, 15) is 4.79 Å². The highest BCUT2D eigenvalue weighted by Gasteiger charge is 2.39. The molecule has 1 N–H and O–H groups in total. The minimum absolute atomic E-state index is 0.0347. The third kappa shape index (κ3) is 3.28. The van der Waals surface area contributed by atoms with Crippen LogP contribution < -0.4 is 15.0 Å². The fraction of sp³-hybridized carbons (Fsp3) is 0.400. The van der Waals surface area contributed by atoms with Crippen molar-refractivity contribution in [3.8, 4) is 5.75 Å². The summed E-state index contributed by atoms with van der Waals surface area (Å²) in [5.74, 6) is 1.86. The molecule has 2 aromatic heterocycles. The van der Waals surface area contributed by atoms with Crippen molar-refractivity contribution in [2.45, 2.75) is 31.9 Å². The van der Waals surface area contributed by atoms with Gasteiger partial charge in [-0.15, -0.1) is 16.4 Å². The maximum absolute atomic E-state index is 12.5. The van der Waals surface area contributed by atoms with Gasteiger partial charge in [-0.25, -0.2) is 4.98 Å². The van der Waals surface area contributed by atoms with Gasteiger partial charge in [0.25, 0.3) is 0 Å². The number of thiazole rings is 1. The van der Waals surface area contributed by atoms with Gasteiger partial charge < -0.3 is 15.0 Å². The first-order valence-corrected chi connectivity index (χ1v) is 10.4. The average molecular weight is 395 g/mol. The van der Waals surface area contributed by atoms with Crippen LogP contribution in [0.4, 0.5) is 5.82 Å². The van der Waals surface area contributed by atoms with Crippen LogP contribution in [0.2, 0.25) is 0 Å². The van der Waals surface area contributed by atoms with Crippen molar-refractivity contribution in [2.75, 3.05) is 18.0 Å². The lowest BCUT2D eigenvalue weighted by Gasteiger charge is -2.42. The quantitative estimate of drug-likeness (QED) is 0.715. The van der Waals surface area contributed by atoms with Crippen LogP contribution in [-0.4, -0.2) is 46.3 Å². The monoisotopic (exact) mass is 395 g/mol. The number of carbonyl (C=O) groups excluding carboxylic acids is 1. The Bertz CT molecular complexity index is 1010. The smallest absolute Gasteiger partial charge is 0.223 e. The Morgan fingerprint density at radius 3 is 3.00 bits per heavy atom. The molecule has 2 aliphatic rings. The van der Waals surface area contributed by atoms with E-state index < -0.39 is 0 Å². The van der Waals surface area contributed by atoms with Crippen LogP contribution in [0.25, 0.3) is 10.2 Å². The fourth-order valence-corrected chi connectivity index (χ4v) is 4.38. The predicted molar refractivity (Wildman–Crippen MR) is 108 cm³/mol. The van der Waals surface area contributed by atoms with Gasteiger partial charge >= 0.3 is 0 Å². The summed E-state index contributed by atoms with van der Waals surface area (Å²) in [5.41, 5.74) is 3.83. The van der Waals surface area contributed by atoms with Crippen molar-refractivity contribution < 1.29 is 9.53 Å². The first kappa shape index (κ1) is 17.4. The first-order valence-electron chi connectivity index (χ1n) is 9.49. The number of hydrogen-bond donors (Lipinski definition) is 1. The van der Waals surface area contributed by atoms with Crippen LogP contribution in [0.1, 0.15) is 18.4 Å². The number of nitrogens with zero attached hydrogens (tertiary/aromatic N) is 4. The van der Waals surface area contributed by atoms with E-state index in [0.717, 1.165) is 53.3 Å². The fourth-order valence-electron chi connectivity index (χ4n) is 3.69. The van der Waals surface area contributed by atoms with Crippen molar-refractivity contribution in [3.63, 3.8) is 0 Å². The highest BCUT2D eigenvalue weighted by Crippen LogP contribution is 2.35. The molecule has 144 valence electrons. The van der Waals surface area contributed by atoms with E-state index in [2.05, 4.69) is 25.4 Å². The van der Waals surface area contributed by atoms with Gasteiger partial charge in [-0.1, -0.05) is 6.07 Å². The second kappa shape index (κ2) is 7.01. The molecule has 0 unspecified atom stereocenters. The number of amides is 1. The third-order valence-electron chi connectivity index (χ3n) is 5.41. The number of carbonyl (C=O) groups is 1. The van der Waals surface area contributed by atoms with Crippen LogP contribution in [0.3, 0.4) is 0 Å². The number of para-hydroxylation sites is 1. The summed E-state index contributed by atoms with van der Waals surface area (Å²) in [5, 5.41) is 11.3. The van der Waals surface area contributed by atoms with Gasteiger partial charge in [0.05, 0.1) is 22.4 Å². The van der Waals surface area contributed by atoms with E-state index in [0.29, 0.717) is 0 Å². The molecule has 0 bridgehead atoms. The van der Waals surface area contributed by atoms with E-state index in [-0.39, 0.29) is 24.0 Å². The van der Waals surface area contributed by atoms with Crippen LogP contribution in [0.5, 0.6) is 5.75 Å². The van der Waals surface area contributed by atoms with E-state index in [1.807, 2.05) is 36.7 Å². The molecule has 1 amide bonds. The van der Waals surface area contributed by atoms with Gasteiger partial charge in [0.15, 0.2) is 5.82 Å². The number of aryl methyl sites for hydroxylation is 1. The number of anilines is 1. The van der Waals surface area contributed by atoms with Gasteiger partial charge in [0, 0.05) is 19.0 Å². The maximum atomic E-state index is 12.5. The van der Waals surface area contributed by atoms with E-state index in [1.165, 1.54) is 0 Å². The second-order valence-electron chi connectivity index (χ2n) is 7.57. The largest absolute Gasteiger partial charge is 0.488 e. The number of ether oxygens (including phenoxy) is 1. The van der Waals surface area contributed by atoms with Gasteiger partial charge in [-0.2, -0.15) is 5.10 Å². The molecule has 0 spiro atoms. The molecule has 3 heterocycles. The minimum Gasteiger partial charge on any atom is -0.488 e. The Balaban J connectivity index is 1.09. The maximum Gasteiger partial charge on any atom is 0.223 e. The highest BCUT2D eigenvalue weighted by atomic mass is 32.1. The molecular weight excluding hydrogens is 374 g/mol. The number of hydrogen-bond acceptors (Lipinski definition) is 7. The highest BCUT2D eigenvalue weighted by molar-refractivity contribution is 7.16. The van der Waals surface area contributed by atoms with Crippen molar-refractivity contribution in [1.29, 1.82) is 0 Å². The van der Waals surface area contributed by atoms with E-state index in [4.69, 9.17) is 4.74 Å². The molecule has 2 fully saturated rings. The minimum atomic E-state index is 0.0347. The van der Waals surface area contributed by atoms with Crippen LogP contribution in [-0.2, 0) is 4.79 Å². The zero-order chi connectivity index (χ0) is 19.1. The Morgan fingerprint density at radius 1 is 1.32 bits per heavy atom. The number of nitrogens with one attached hydrogen (secondary N) is 1. The number of rotatable bonds is 5. The van der Waals surface area contributed by atoms with Crippen LogP contribution >= 0.6 is 11.3 Å². The molecule has 28 heavy (non-hydrogen) atoms. The molecule has 8 heteroatoms. The summed E-state index contributed by atoms with van der Waals surface area (Å²) in [6, 6.07) is 8.17. The molecule has 1 aromatic carbocycles. The molecule has 1 aliphatic heterocycles. The molecule has 5 rings (SSSR count). The van der Waals surface area contributed by atoms with Gasteiger partial charge in [-0.05, 0) is 43.5 Å². The lowest BCUT2D eigenvalue weighted by molar-refractivity contribution is -0.131. The summed E-state index contributed by atoms with van der Waals surface area (Å²) < 4.78 is 7.20. The van der Waals surface area contributed by atoms with E-state index in [1.54, 1.807) is 17.5 Å². The Kier molecular flexibility index (Phi) is 4.35. The van der Waals surface area contributed by atoms with Gasteiger partial charge in [0.1, 0.15) is 17.4 Å². The normalized spacial score (nSPS) is 21.8. The molecule has 0 atom stereocenters.